The van der Waals surface area contributed by atoms with Crippen LogP contribution in [0.15, 0.2) is 102 Å². The molecule has 0 spiro atoms. The van der Waals surface area contributed by atoms with Crippen LogP contribution in [0.5, 0.6) is 5.75 Å². The zero-order chi connectivity index (χ0) is 30.8. The fourth-order valence-corrected chi connectivity index (χ4v) is 5.70. The van der Waals surface area contributed by atoms with Gasteiger partial charge in [0.1, 0.15) is 11.3 Å². The van der Waals surface area contributed by atoms with Gasteiger partial charge in [0.05, 0.1) is 21.2 Å². The SMILES string of the molecule is O=S(=O)(N[C@](Cc1ccccc1)(c1cccc(OC(F)(F)C(F)F)c1)c1ccc(Cl)cn1)c1cccc(C(F)(F)F)c1. The van der Waals surface area contributed by atoms with Crippen molar-refractivity contribution in [3.8, 4) is 5.75 Å². The molecule has 4 rings (SSSR count). The van der Waals surface area contributed by atoms with Gasteiger partial charge in [-0.2, -0.15) is 35.5 Å². The number of hydrogen-bond donors (Lipinski definition) is 1. The summed E-state index contributed by atoms with van der Waals surface area (Å²) < 4.78 is 128. The lowest BCUT2D eigenvalue weighted by Gasteiger charge is -2.35. The molecule has 0 aliphatic rings. The Kier molecular flexibility index (Phi) is 8.86. The third kappa shape index (κ3) is 7.02. The minimum absolute atomic E-state index is 0.0379. The summed E-state index contributed by atoms with van der Waals surface area (Å²) >= 11 is 6.00. The number of sulfonamides is 1. The molecule has 0 fully saturated rings. The Morgan fingerprint density at radius 2 is 1.50 bits per heavy atom. The van der Waals surface area contributed by atoms with Gasteiger partial charge in [-0.05, 0) is 53.6 Å². The van der Waals surface area contributed by atoms with Crippen molar-refractivity contribution in [2.45, 2.75) is 35.6 Å². The van der Waals surface area contributed by atoms with Crippen LogP contribution in [0.3, 0.4) is 0 Å². The molecule has 3 aromatic carbocycles. The Labute approximate surface area is 241 Å². The number of rotatable bonds is 10. The van der Waals surface area contributed by atoms with Crippen molar-refractivity contribution in [2.75, 3.05) is 0 Å². The molecule has 0 saturated carbocycles. The van der Waals surface area contributed by atoms with Crippen molar-refractivity contribution in [1.82, 2.24) is 9.71 Å². The van der Waals surface area contributed by atoms with Crippen molar-refractivity contribution >= 4 is 21.6 Å². The van der Waals surface area contributed by atoms with Crippen molar-refractivity contribution < 1.29 is 43.9 Å². The summed E-state index contributed by atoms with van der Waals surface area (Å²) in [4.78, 5) is 3.49. The Balaban J connectivity index is 1.96. The summed E-state index contributed by atoms with van der Waals surface area (Å²) in [7, 11) is -4.82. The van der Waals surface area contributed by atoms with Gasteiger partial charge in [-0.25, -0.2) is 8.42 Å². The summed E-state index contributed by atoms with van der Waals surface area (Å²) in [5.41, 5.74) is -2.87. The smallest absolute Gasteiger partial charge is 0.428 e. The molecule has 0 saturated heterocycles. The molecule has 0 aliphatic heterocycles. The number of pyridine rings is 1. The predicted molar refractivity (Wildman–Crippen MR) is 140 cm³/mol. The van der Waals surface area contributed by atoms with Crippen molar-refractivity contribution in [1.29, 1.82) is 0 Å². The molecule has 14 heteroatoms. The molecule has 1 aromatic heterocycles. The Bertz CT molecular complexity index is 1640. The van der Waals surface area contributed by atoms with E-state index in [0.29, 0.717) is 17.7 Å². The first-order chi connectivity index (χ1) is 19.6. The van der Waals surface area contributed by atoms with E-state index in [1.165, 1.54) is 30.5 Å². The lowest BCUT2D eigenvalue weighted by Crippen LogP contribution is -2.49. The highest BCUT2D eigenvalue weighted by molar-refractivity contribution is 7.89. The van der Waals surface area contributed by atoms with E-state index in [9.17, 15) is 39.2 Å². The lowest BCUT2D eigenvalue weighted by molar-refractivity contribution is -0.253. The zero-order valence-corrected chi connectivity index (χ0v) is 22.7. The maximum Gasteiger partial charge on any atom is 0.461 e. The summed E-state index contributed by atoms with van der Waals surface area (Å²) in [5.74, 6) is -0.734. The molecular formula is C28H20ClF7N2O3S. The van der Waals surface area contributed by atoms with E-state index in [1.807, 2.05) is 0 Å². The van der Waals surface area contributed by atoms with Gasteiger partial charge in [-0.15, -0.1) is 0 Å². The van der Waals surface area contributed by atoms with Crippen LogP contribution in [0.4, 0.5) is 30.7 Å². The molecule has 42 heavy (non-hydrogen) atoms. The molecular weight excluding hydrogens is 613 g/mol. The monoisotopic (exact) mass is 632 g/mol. The minimum Gasteiger partial charge on any atom is -0.428 e. The van der Waals surface area contributed by atoms with Crippen molar-refractivity contribution in [3.05, 3.63) is 125 Å². The number of alkyl halides is 7. The van der Waals surface area contributed by atoms with Gasteiger partial charge in [0, 0.05) is 12.6 Å². The number of halogens is 8. The van der Waals surface area contributed by atoms with E-state index >= 15 is 0 Å². The maximum absolute atomic E-state index is 13.8. The summed E-state index contributed by atoms with van der Waals surface area (Å²) in [6.45, 7) is 0. The third-order valence-corrected chi connectivity index (χ3v) is 7.81. The average molecular weight is 633 g/mol. The first kappa shape index (κ1) is 31.3. The van der Waals surface area contributed by atoms with Crippen LogP contribution in [0.2, 0.25) is 5.02 Å². The topological polar surface area (TPSA) is 68.3 Å². The van der Waals surface area contributed by atoms with Gasteiger partial charge >= 0.3 is 18.7 Å². The molecule has 0 aliphatic carbocycles. The highest BCUT2D eigenvalue weighted by atomic mass is 35.5. The Morgan fingerprint density at radius 3 is 2.12 bits per heavy atom. The normalized spacial score (nSPS) is 14.0. The molecule has 1 N–H and O–H groups in total. The van der Waals surface area contributed by atoms with Crippen molar-refractivity contribution in [2.24, 2.45) is 0 Å². The molecule has 0 radical (unpaired) electrons. The molecule has 4 aromatic rings. The van der Waals surface area contributed by atoms with E-state index in [4.69, 9.17) is 11.6 Å². The first-order valence-corrected chi connectivity index (χ1v) is 13.8. The first-order valence-electron chi connectivity index (χ1n) is 12.0. The fourth-order valence-electron chi connectivity index (χ4n) is 4.17. The molecule has 0 bridgehead atoms. The molecule has 0 amide bonds. The van der Waals surface area contributed by atoms with Crippen LogP contribution >= 0.6 is 11.6 Å². The number of ether oxygens (including phenoxy) is 1. The maximum atomic E-state index is 13.8. The van der Waals surface area contributed by atoms with Gasteiger partial charge in [0.25, 0.3) is 0 Å². The fraction of sp³-hybridized carbons (Fsp3) is 0.179. The van der Waals surface area contributed by atoms with Crippen LogP contribution in [0.25, 0.3) is 0 Å². The van der Waals surface area contributed by atoms with Gasteiger partial charge in [-0.1, -0.05) is 60.1 Å². The van der Waals surface area contributed by atoms with Gasteiger partial charge in [-0.3, -0.25) is 4.98 Å². The van der Waals surface area contributed by atoms with Gasteiger partial charge < -0.3 is 4.74 Å². The van der Waals surface area contributed by atoms with Crippen LogP contribution in [0, 0.1) is 0 Å². The van der Waals surface area contributed by atoms with Crippen LogP contribution in [0.1, 0.15) is 22.4 Å². The number of aromatic nitrogens is 1. The van der Waals surface area contributed by atoms with E-state index in [0.717, 1.165) is 24.3 Å². The van der Waals surface area contributed by atoms with Crippen LogP contribution in [-0.2, 0) is 28.2 Å². The summed E-state index contributed by atoms with van der Waals surface area (Å²) in [6, 6.07) is 18.3. The van der Waals surface area contributed by atoms with E-state index < -0.39 is 50.5 Å². The van der Waals surface area contributed by atoms with Gasteiger partial charge in [0.15, 0.2) is 0 Å². The largest absolute Gasteiger partial charge is 0.461 e. The molecule has 222 valence electrons. The number of benzene rings is 3. The Morgan fingerprint density at radius 1 is 0.833 bits per heavy atom. The second kappa shape index (κ2) is 11.9. The molecule has 0 unspecified atom stereocenters. The van der Waals surface area contributed by atoms with Crippen molar-refractivity contribution in [3.63, 3.8) is 0 Å². The standard InChI is InChI=1S/C28H20ClF7N2O3S/c29-21-12-13-24(37-17-21)26(16-18-6-2-1-3-7-18,19-8-4-10-22(14-19)41-28(35,36)25(30)31)38-42(39,40)23-11-5-9-20(15-23)27(32,33)34/h1-15,17,25,38H,16H2/t26-/m1/s1. The highest BCUT2D eigenvalue weighted by Gasteiger charge is 2.45. The quantitative estimate of drug-likeness (QED) is 0.184. The second-order valence-electron chi connectivity index (χ2n) is 9.05. The van der Waals surface area contributed by atoms with E-state index in [2.05, 4.69) is 14.4 Å². The highest BCUT2D eigenvalue weighted by Crippen LogP contribution is 2.38. The third-order valence-electron chi connectivity index (χ3n) is 6.09. The average Bonchev–Trinajstić information content (AvgIpc) is 2.93. The Hall–Kier alpha value is -3.68. The van der Waals surface area contributed by atoms with Crippen LogP contribution in [-0.4, -0.2) is 25.9 Å². The number of nitrogens with one attached hydrogen (secondary N) is 1. The van der Waals surface area contributed by atoms with E-state index in [-0.39, 0.29) is 22.7 Å². The molecule has 1 heterocycles. The molecule has 5 nitrogen and oxygen atoms in total. The second-order valence-corrected chi connectivity index (χ2v) is 11.2. The van der Waals surface area contributed by atoms with Gasteiger partial charge in [0.2, 0.25) is 10.0 Å². The minimum atomic E-state index is -4.88. The number of nitrogens with zero attached hydrogens (tertiary/aromatic N) is 1. The zero-order valence-electron chi connectivity index (χ0n) is 21.1. The summed E-state index contributed by atoms with van der Waals surface area (Å²) in [6.07, 6.45) is -13.0. The lowest BCUT2D eigenvalue weighted by atomic mass is 9.81. The summed E-state index contributed by atoms with van der Waals surface area (Å²) in [5, 5.41) is 0.154. The van der Waals surface area contributed by atoms with E-state index in [1.54, 1.807) is 30.3 Å². The number of hydrogen-bond acceptors (Lipinski definition) is 4. The van der Waals surface area contributed by atoms with Crippen LogP contribution < -0.4 is 9.46 Å². The predicted octanol–water partition coefficient (Wildman–Crippen LogP) is 7.46. The molecule has 1 atom stereocenters.